The van der Waals surface area contributed by atoms with Crippen LogP contribution in [0.4, 0.5) is 10.1 Å². The van der Waals surface area contributed by atoms with Gasteiger partial charge in [0, 0.05) is 11.6 Å². The van der Waals surface area contributed by atoms with Crippen molar-refractivity contribution < 1.29 is 17.6 Å². The van der Waals surface area contributed by atoms with Crippen molar-refractivity contribution in [2.45, 2.75) is 6.54 Å². The fourth-order valence-electron chi connectivity index (χ4n) is 2.00. The lowest BCUT2D eigenvalue weighted by atomic mass is 10.2. The van der Waals surface area contributed by atoms with E-state index in [2.05, 4.69) is 5.32 Å². The molecule has 0 aliphatic heterocycles. The highest BCUT2D eigenvalue weighted by Gasteiger charge is 2.20. The number of halogens is 2. The van der Waals surface area contributed by atoms with Crippen LogP contribution in [0.1, 0.15) is 5.56 Å². The first-order valence-corrected chi connectivity index (χ1v) is 9.23. The van der Waals surface area contributed by atoms with Crippen molar-refractivity contribution in [3.63, 3.8) is 0 Å². The van der Waals surface area contributed by atoms with Crippen molar-refractivity contribution in [3.8, 4) is 0 Å². The minimum absolute atomic E-state index is 0.223. The number of rotatable bonds is 6. The summed E-state index contributed by atoms with van der Waals surface area (Å²) in [7, 11) is -3.68. The molecule has 2 aromatic rings. The second kappa shape index (κ2) is 7.63. The van der Waals surface area contributed by atoms with E-state index < -0.39 is 28.3 Å². The van der Waals surface area contributed by atoms with Gasteiger partial charge in [0.15, 0.2) is 0 Å². The van der Waals surface area contributed by atoms with E-state index in [1.165, 1.54) is 12.1 Å². The molecule has 0 aliphatic rings. The summed E-state index contributed by atoms with van der Waals surface area (Å²) in [6.45, 7) is -0.144. The standard InChI is InChI=1S/C16H16ClFN2O3S/c1-24(22,23)20(15-8-6-14(18)7-9-15)11-16(21)19-10-12-2-4-13(17)5-3-12/h2-9H,10-11H2,1H3,(H,19,21). The smallest absolute Gasteiger partial charge is 0.241 e. The Morgan fingerprint density at radius 3 is 2.25 bits per heavy atom. The molecule has 0 radical (unpaired) electrons. The van der Waals surface area contributed by atoms with E-state index in [1.54, 1.807) is 24.3 Å². The van der Waals surface area contributed by atoms with Crippen molar-refractivity contribution >= 4 is 33.2 Å². The van der Waals surface area contributed by atoms with Crippen LogP contribution in [0.3, 0.4) is 0 Å². The van der Waals surface area contributed by atoms with Crippen LogP contribution < -0.4 is 9.62 Å². The summed E-state index contributed by atoms with van der Waals surface area (Å²) in [5.41, 5.74) is 1.06. The molecule has 24 heavy (non-hydrogen) atoms. The molecule has 2 aromatic carbocycles. The van der Waals surface area contributed by atoms with Crippen LogP contribution >= 0.6 is 11.6 Å². The Morgan fingerprint density at radius 2 is 1.71 bits per heavy atom. The highest BCUT2D eigenvalue weighted by molar-refractivity contribution is 7.92. The summed E-state index contributed by atoms with van der Waals surface area (Å²) in [4.78, 5) is 12.1. The average Bonchev–Trinajstić information content (AvgIpc) is 2.52. The van der Waals surface area contributed by atoms with E-state index in [-0.39, 0.29) is 12.2 Å². The van der Waals surface area contributed by atoms with E-state index in [9.17, 15) is 17.6 Å². The Morgan fingerprint density at radius 1 is 1.12 bits per heavy atom. The molecular formula is C16H16ClFN2O3S. The molecule has 0 atom stereocenters. The Labute approximate surface area is 145 Å². The van der Waals surface area contributed by atoms with Gasteiger partial charge in [0.2, 0.25) is 15.9 Å². The number of carbonyl (C=O) groups excluding carboxylic acids is 1. The summed E-state index contributed by atoms with van der Waals surface area (Å²) >= 11 is 5.78. The molecule has 0 bridgehead atoms. The summed E-state index contributed by atoms with van der Waals surface area (Å²) < 4.78 is 37.7. The van der Waals surface area contributed by atoms with Crippen LogP contribution in [0, 0.1) is 5.82 Å². The highest BCUT2D eigenvalue weighted by Crippen LogP contribution is 2.17. The Hall–Kier alpha value is -2.12. The monoisotopic (exact) mass is 370 g/mol. The van der Waals surface area contributed by atoms with E-state index >= 15 is 0 Å². The lowest BCUT2D eigenvalue weighted by Crippen LogP contribution is -2.40. The Balaban J connectivity index is 2.05. The predicted octanol–water partition coefficient (Wildman–Crippen LogP) is 2.56. The van der Waals surface area contributed by atoms with Crippen molar-refractivity contribution in [2.24, 2.45) is 0 Å². The Kier molecular flexibility index (Phi) is 5.80. The lowest BCUT2D eigenvalue weighted by molar-refractivity contribution is -0.119. The Bertz CT molecular complexity index is 808. The minimum Gasteiger partial charge on any atom is -0.350 e. The number of hydrogen-bond donors (Lipinski definition) is 1. The van der Waals surface area contributed by atoms with Gasteiger partial charge in [-0.1, -0.05) is 23.7 Å². The summed E-state index contributed by atoms with van der Waals surface area (Å²) in [5, 5.41) is 3.23. The van der Waals surface area contributed by atoms with Crippen molar-refractivity contribution in [3.05, 3.63) is 64.9 Å². The van der Waals surface area contributed by atoms with Crippen LogP contribution in [-0.2, 0) is 21.4 Å². The van der Waals surface area contributed by atoms with Crippen LogP contribution in [0.15, 0.2) is 48.5 Å². The van der Waals surface area contributed by atoms with Gasteiger partial charge in [0.25, 0.3) is 0 Å². The van der Waals surface area contributed by atoms with Gasteiger partial charge in [0.1, 0.15) is 12.4 Å². The zero-order valence-electron chi connectivity index (χ0n) is 12.9. The molecule has 0 heterocycles. The third kappa shape index (κ3) is 5.21. The van der Waals surface area contributed by atoms with Crippen LogP contribution in [-0.4, -0.2) is 27.1 Å². The van der Waals surface area contributed by atoms with Crippen LogP contribution in [0.25, 0.3) is 0 Å². The molecule has 0 spiro atoms. The van der Waals surface area contributed by atoms with Gasteiger partial charge < -0.3 is 5.32 Å². The lowest BCUT2D eigenvalue weighted by Gasteiger charge is -2.21. The van der Waals surface area contributed by atoms with E-state index in [0.717, 1.165) is 28.3 Å². The van der Waals surface area contributed by atoms with Gasteiger partial charge in [0.05, 0.1) is 11.9 Å². The molecule has 1 amide bonds. The number of carbonyl (C=O) groups is 1. The maximum atomic E-state index is 13.0. The normalized spacial score (nSPS) is 11.1. The number of hydrogen-bond acceptors (Lipinski definition) is 3. The van der Waals surface area contributed by atoms with Gasteiger partial charge >= 0.3 is 0 Å². The van der Waals surface area contributed by atoms with E-state index in [0.29, 0.717) is 5.02 Å². The third-order valence-corrected chi connectivity index (χ3v) is 4.60. The molecule has 0 fully saturated rings. The average molecular weight is 371 g/mol. The number of benzene rings is 2. The largest absolute Gasteiger partial charge is 0.350 e. The molecule has 0 aromatic heterocycles. The molecule has 0 unspecified atom stereocenters. The summed E-state index contributed by atoms with van der Waals surface area (Å²) in [6.07, 6.45) is 0.989. The van der Waals surface area contributed by atoms with Gasteiger partial charge in [-0.15, -0.1) is 0 Å². The summed E-state index contributed by atoms with van der Waals surface area (Å²) in [5.74, 6) is -0.959. The van der Waals surface area contributed by atoms with Gasteiger partial charge in [-0.3, -0.25) is 9.10 Å². The molecule has 1 N–H and O–H groups in total. The zero-order chi connectivity index (χ0) is 17.7. The predicted molar refractivity (Wildman–Crippen MR) is 91.9 cm³/mol. The van der Waals surface area contributed by atoms with Crippen molar-refractivity contribution in [1.29, 1.82) is 0 Å². The molecule has 0 saturated heterocycles. The van der Waals surface area contributed by atoms with Crippen LogP contribution in [0.5, 0.6) is 0 Å². The zero-order valence-corrected chi connectivity index (χ0v) is 14.4. The molecule has 0 saturated carbocycles. The molecule has 128 valence electrons. The molecular weight excluding hydrogens is 355 g/mol. The number of anilines is 1. The fraction of sp³-hybridized carbons (Fsp3) is 0.188. The second-order valence-electron chi connectivity index (χ2n) is 5.15. The quantitative estimate of drug-likeness (QED) is 0.849. The van der Waals surface area contributed by atoms with E-state index in [4.69, 9.17) is 11.6 Å². The molecule has 2 rings (SSSR count). The third-order valence-electron chi connectivity index (χ3n) is 3.21. The van der Waals surface area contributed by atoms with Crippen molar-refractivity contribution in [2.75, 3.05) is 17.1 Å². The first-order valence-electron chi connectivity index (χ1n) is 7.00. The van der Waals surface area contributed by atoms with Crippen molar-refractivity contribution in [1.82, 2.24) is 5.32 Å². The van der Waals surface area contributed by atoms with Gasteiger partial charge in [-0.25, -0.2) is 12.8 Å². The van der Waals surface area contributed by atoms with Gasteiger partial charge in [-0.05, 0) is 42.0 Å². The molecule has 0 aliphatic carbocycles. The molecule has 5 nitrogen and oxygen atoms in total. The second-order valence-corrected chi connectivity index (χ2v) is 7.49. The minimum atomic E-state index is -3.68. The molecule has 8 heteroatoms. The first kappa shape index (κ1) is 18.2. The highest BCUT2D eigenvalue weighted by atomic mass is 35.5. The van der Waals surface area contributed by atoms with E-state index in [1.807, 2.05) is 0 Å². The van der Waals surface area contributed by atoms with Crippen LogP contribution in [0.2, 0.25) is 5.02 Å². The number of amides is 1. The first-order chi connectivity index (χ1) is 11.3. The maximum absolute atomic E-state index is 13.0. The topological polar surface area (TPSA) is 66.5 Å². The summed E-state index contributed by atoms with van der Waals surface area (Å²) in [6, 6.07) is 11.8. The van der Waals surface area contributed by atoms with Gasteiger partial charge in [-0.2, -0.15) is 0 Å². The number of sulfonamides is 1. The fourth-order valence-corrected chi connectivity index (χ4v) is 2.98. The number of nitrogens with one attached hydrogen (secondary N) is 1. The number of nitrogens with zero attached hydrogens (tertiary/aromatic N) is 1. The maximum Gasteiger partial charge on any atom is 0.241 e. The SMILES string of the molecule is CS(=O)(=O)N(CC(=O)NCc1ccc(Cl)cc1)c1ccc(F)cc1.